The van der Waals surface area contributed by atoms with Crippen LogP contribution in [0.3, 0.4) is 0 Å². The van der Waals surface area contributed by atoms with E-state index in [1.54, 1.807) is 4.52 Å². The quantitative estimate of drug-likeness (QED) is 0.881. The Labute approximate surface area is 102 Å². The van der Waals surface area contributed by atoms with Crippen molar-refractivity contribution in [1.29, 1.82) is 0 Å². The molecule has 0 atom stereocenters. The zero-order valence-electron chi connectivity index (χ0n) is 11.0. The topological polar surface area (TPSA) is 42.2 Å². The van der Waals surface area contributed by atoms with Gasteiger partial charge in [-0.3, -0.25) is 0 Å². The summed E-state index contributed by atoms with van der Waals surface area (Å²) in [5.74, 6) is 0.710. The summed E-state index contributed by atoms with van der Waals surface area (Å²) in [5.41, 5.74) is 2.16. The highest BCUT2D eigenvalue weighted by molar-refractivity contribution is 5.46. The number of pyridine rings is 1. The molecule has 0 aliphatic carbocycles. The highest BCUT2D eigenvalue weighted by Gasteiger charge is 2.20. The Morgan fingerprint density at radius 3 is 2.71 bits per heavy atom. The molecule has 0 saturated carbocycles. The van der Waals surface area contributed by atoms with Gasteiger partial charge in [0.1, 0.15) is 0 Å². The average molecular weight is 232 g/mol. The number of nitrogens with zero attached hydrogens (tertiary/aromatic N) is 3. The molecule has 0 bridgehead atoms. The van der Waals surface area contributed by atoms with Crippen LogP contribution in [-0.4, -0.2) is 20.1 Å². The fourth-order valence-corrected chi connectivity index (χ4v) is 1.73. The van der Waals surface area contributed by atoms with Gasteiger partial charge in [0.05, 0.1) is 0 Å². The van der Waals surface area contributed by atoms with Gasteiger partial charge in [-0.15, -0.1) is 5.10 Å². The number of rotatable bonds is 4. The van der Waals surface area contributed by atoms with E-state index in [-0.39, 0.29) is 5.54 Å². The minimum atomic E-state index is 0.0694. The van der Waals surface area contributed by atoms with Crippen LogP contribution >= 0.6 is 0 Å². The average Bonchev–Trinajstić information content (AvgIpc) is 2.70. The van der Waals surface area contributed by atoms with Crippen LogP contribution in [0.5, 0.6) is 0 Å². The number of nitrogens with one attached hydrogen (secondary N) is 1. The van der Waals surface area contributed by atoms with Crippen LogP contribution in [0.15, 0.2) is 18.3 Å². The van der Waals surface area contributed by atoms with Crippen molar-refractivity contribution < 1.29 is 0 Å². The van der Waals surface area contributed by atoms with E-state index in [1.807, 2.05) is 18.3 Å². The number of aromatic nitrogens is 3. The van der Waals surface area contributed by atoms with Crippen LogP contribution in [0.1, 0.15) is 39.2 Å². The molecule has 0 fully saturated rings. The third-order valence-corrected chi connectivity index (χ3v) is 3.47. The van der Waals surface area contributed by atoms with Gasteiger partial charge in [-0.2, -0.15) is 4.98 Å². The number of hydrogen-bond acceptors (Lipinski definition) is 3. The van der Waals surface area contributed by atoms with E-state index in [1.165, 1.54) is 5.56 Å². The number of anilines is 1. The summed E-state index contributed by atoms with van der Waals surface area (Å²) in [7, 11) is 0. The van der Waals surface area contributed by atoms with Crippen molar-refractivity contribution in [1.82, 2.24) is 14.6 Å². The molecule has 2 heterocycles. The molecule has 0 saturated heterocycles. The first-order valence-electron chi connectivity index (χ1n) is 6.17. The van der Waals surface area contributed by atoms with Crippen LogP contribution in [0.25, 0.3) is 5.65 Å². The van der Waals surface area contributed by atoms with E-state index < -0.39 is 0 Å². The smallest absolute Gasteiger partial charge is 0.243 e. The zero-order chi connectivity index (χ0) is 12.5. The van der Waals surface area contributed by atoms with Gasteiger partial charge < -0.3 is 5.32 Å². The van der Waals surface area contributed by atoms with Gasteiger partial charge >= 0.3 is 0 Å². The second-order valence-electron chi connectivity index (χ2n) is 4.84. The van der Waals surface area contributed by atoms with E-state index in [9.17, 15) is 0 Å². The maximum Gasteiger partial charge on any atom is 0.243 e. The zero-order valence-corrected chi connectivity index (χ0v) is 11.0. The summed E-state index contributed by atoms with van der Waals surface area (Å²) >= 11 is 0. The standard InChI is InChI=1S/C13H20N4/c1-5-13(4,6-2)15-12-14-11-9-10(3)7-8-17(11)16-12/h7-9H,5-6H2,1-4H3,(H,15,16). The first-order valence-corrected chi connectivity index (χ1v) is 6.17. The molecule has 0 aliphatic heterocycles. The maximum absolute atomic E-state index is 4.50. The Morgan fingerprint density at radius 1 is 1.35 bits per heavy atom. The fraction of sp³-hybridized carbons (Fsp3) is 0.538. The molecule has 2 rings (SSSR count). The van der Waals surface area contributed by atoms with Gasteiger partial charge in [0.15, 0.2) is 5.65 Å². The minimum Gasteiger partial charge on any atom is -0.348 e. The third kappa shape index (κ3) is 2.40. The van der Waals surface area contributed by atoms with E-state index >= 15 is 0 Å². The maximum atomic E-state index is 4.50. The molecule has 0 amide bonds. The van der Waals surface area contributed by atoms with Gasteiger partial charge in [0.25, 0.3) is 0 Å². The van der Waals surface area contributed by atoms with Crippen molar-refractivity contribution in [3.8, 4) is 0 Å². The molecule has 2 aromatic heterocycles. The van der Waals surface area contributed by atoms with Crippen molar-refractivity contribution >= 4 is 11.6 Å². The summed E-state index contributed by atoms with van der Waals surface area (Å²) in [6, 6.07) is 4.07. The lowest BCUT2D eigenvalue weighted by Crippen LogP contribution is -2.33. The first kappa shape index (κ1) is 11.9. The molecule has 0 aromatic carbocycles. The SMILES string of the molecule is CCC(C)(CC)Nc1nc2cc(C)ccn2n1. The molecule has 0 aliphatic rings. The Bertz CT molecular complexity index is 511. The highest BCUT2D eigenvalue weighted by Crippen LogP contribution is 2.19. The third-order valence-electron chi connectivity index (χ3n) is 3.47. The first-order chi connectivity index (χ1) is 8.06. The molecule has 0 unspecified atom stereocenters. The van der Waals surface area contributed by atoms with Crippen molar-refractivity contribution in [3.05, 3.63) is 23.9 Å². The molecule has 17 heavy (non-hydrogen) atoms. The number of fused-ring (bicyclic) bond motifs is 1. The predicted molar refractivity (Wildman–Crippen MR) is 70.3 cm³/mol. The second kappa shape index (κ2) is 4.35. The Morgan fingerprint density at radius 2 is 2.06 bits per heavy atom. The van der Waals surface area contributed by atoms with Gasteiger partial charge in [0.2, 0.25) is 5.95 Å². The van der Waals surface area contributed by atoms with Crippen LogP contribution in [0.2, 0.25) is 0 Å². The monoisotopic (exact) mass is 232 g/mol. The molecule has 4 nitrogen and oxygen atoms in total. The van der Waals surface area contributed by atoms with Crippen molar-refractivity contribution in [2.45, 2.75) is 46.1 Å². The Hall–Kier alpha value is -1.58. The van der Waals surface area contributed by atoms with Gasteiger partial charge in [-0.25, -0.2) is 4.52 Å². The minimum absolute atomic E-state index is 0.0694. The molecule has 4 heteroatoms. The molecule has 0 radical (unpaired) electrons. The van der Waals surface area contributed by atoms with Crippen LogP contribution in [0, 0.1) is 6.92 Å². The van der Waals surface area contributed by atoms with Crippen molar-refractivity contribution in [2.24, 2.45) is 0 Å². The summed E-state index contributed by atoms with van der Waals surface area (Å²) in [4.78, 5) is 4.50. The molecule has 0 spiro atoms. The lowest BCUT2D eigenvalue weighted by atomic mass is 9.96. The van der Waals surface area contributed by atoms with Crippen molar-refractivity contribution in [2.75, 3.05) is 5.32 Å². The predicted octanol–water partition coefficient (Wildman–Crippen LogP) is 3.03. The summed E-state index contributed by atoms with van der Waals surface area (Å²) in [5, 5.41) is 7.85. The Balaban J connectivity index is 2.31. The summed E-state index contributed by atoms with van der Waals surface area (Å²) in [6.45, 7) is 8.61. The van der Waals surface area contributed by atoms with Crippen LogP contribution in [0.4, 0.5) is 5.95 Å². The lowest BCUT2D eigenvalue weighted by molar-refractivity contribution is 0.474. The van der Waals surface area contributed by atoms with Crippen LogP contribution in [-0.2, 0) is 0 Å². The summed E-state index contributed by atoms with van der Waals surface area (Å²) < 4.78 is 1.81. The van der Waals surface area contributed by atoms with E-state index in [2.05, 4.69) is 43.1 Å². The molecule has 92 valence electrons. The van der Waals surface area contributed by atoms with E-state index in [4.69, 9.17) is 0 Å². The molecular formula is C13H20N4. The van der Waals surface area contributed by atoms with Gasteiger partial charge in [-0.1, -0.05) is 13.8 Å². The van der Waals surface area contributed by atoms with Crippen LogP contribution < -0.4 is 5.32 Å². The summed E-state index contributed by atoms with van der Waals surface area (Å²) in [6.07, 6.45) is 4.05. The van der Waals surface area contributed by atoms with Gasteiger partial charge in [-0.05, 0) is 44.4 Å². The molecule has 2 aromatic rings. The lowest BCUT2D eigenvalue weighted by Gasteiger charge is -2.27. The molecular weight excluding hydrogens is 212 g/mol. The van der Waals surface area contributed by atoms with E-state index in [0.717, 1.165) is 18.5 Å². The Kier molecular flexibility index (Phi) is 3.05. The van der Waals surface area contributed by atoms with Crippen molar-refractivity contribution in [3.63, 3.8) is 0 Å². The van der Waals surface area contributed by atoms with Gasteiger partial charge in [0, 0.05) is 11.7 Å². The highest BCUT2D eigenvalue weighted by atomic mass is 15.4. The largest absolute Gasteiger partial charge is 0.348 e. The van der Waals surface area contributed by atoms with E-state index in [0.29, 0.717) is 5.95 Å². The normalized spacial score (nSPS) is 12.0. The number of hydrogen-bond donors (Lipinski definition) is 1. The molecule has 1 N–H and O–H groups in total. The second-order valence-corrected chi connectivity index (χ2v) is 4.84. The fourth-order valence-electron chi connectivity index (χ4n) is 1.73. The number of aryl methyl sites for hydroxylation is 1.